The summed E-state index contributed by atoms with van der Waals surface area (Å²) in [6.07, 6.45) is 3.84. The van der Waals surface area contributed by atoms with Crippen LogP contribution in [0.2, 0.25) is 0 Å². The van der Waals surface area contributed by atoms with Crippen molar-refractivity contribution in [3.05, 3.63) is 36.0 Å². The normalized spacial score (nSPS) is 25.7. The lowest BCUT2D eigenvalue weighted by Crippen LogP contribution is -2.47. The summed E-state index contributed by atoms with van der Waals surface area (Å²) in [7, 11) is -1.27. The van der Waals surface area contributed by atoms with Gasteiger partial charge in [-0.05, 0) is 36.6 Å². The van der Waals surface area contributed by atoms with E-state index in [1.54, 1.807) is 0 Å². The van der Waals surface area contributed by atoms with E-state index < -0.39 is 10.0 Å². The minimum atomic E-state index is -3.25. The van der Waals surface area contributed by atoms with E-state index in [1.807, 2.05) is 47.0 Å². The number of carbonyl (C=O) groups excluding carboxylic acids is 1. The average Bonchev–Trinajstić information content (AvgIpc) is 3.21. The van der Waals surface area contributed by atoms with Gasteiger partial charge in [0, 0.05) is 55.3 Å². The van der Waals surface area contributed by atoms with Gasteiger partial charge in [-0.2, -0.15) is 0 Å². The molecule has 0 aliphatic carbocycles. The van der Waals surface area contributed by atoms with E-state index in [2.05, 4.69) is 4.72 Å². The molecule has 0 radical (unpaired) electrons. The zero-order chi connectivity index (χ0) is 19.2. The Morgan fingerprint density at radius 3 is 2.93 bits per heavy atom. The smallest absolute Gasteiger partial charge is 0.253 e. The Labute approximate surface area is 159 Å². The highest BCUT2D eigenvalue weighted by Crippen LogP contribution is 2.34. The second kappa shape index (κ2) is 6.92. The molecule has 3 atom stereocenters. The van der Waals surface area contributed by atoms with Gasteiger partial charge in [-0.1, -0.05) is 0 Å². The van der Waals surface area contributed by atoms with E-state index in [-0.39, 0.29) is 24.5 Å². The summed E-state index contributed by atoms with van der Waals surface area (Å²) in [5.41, 5.74) is 1.79. The number of carbonyl (C=O) groups is 1. The van der Waals surface area contributed by atoms with Crippen molar-refractivity contribution in [2.45, 2.75) is 12.5 Å². The standard InChI is InChI=1S/C19H25N3O4S/c1-21-7-5-13-9-14(3-4-17(13)21)19(23)22-8-6-15-12-26-18(16(15)11-22)10-20-27(2,24)25/h3-5,7,9,15-16,18,20H,6,8,10-12H2,1-2H3/t15-,16-,18+/m0/s1. The van der Waals surface area contributed by atoms with Crippen LogP contribution in [-0.4, -0.2) is 62.4 Å². The predicted octanol–water partition coefficient (Wildman–Crippen LogP) is 1.20. The van der Waals surface area contributed by atoms with Crippen molar-refractivity contribution < 1.29 is 17.9 Å². The number of aryl methyl sites for hydroxylation is 1. The number of likely N-dealkylation sites (tertiary alicyclic amines) is 1. The fraction of sp³-hybridized carbons (Fsp3) is 0.526. The minimum Gasteiger partial charge on any atom is -0.376 e. The lowest BCUT2D eigenvalue weighted by atomic mass is 9.84. The molecule has 2 saturated heterocycles. The summed E-state index contributed by atoms with van der Waals surface area (Å²) < 4.78 is 33.2. The van der Waals surface area contributed by atoms with Crippen LogP contribution in [0.4, 0.5) is 0 Å². The fourth-order valence-electron chi connectivity index (χ4n) is 4.25. The SMILES string of the molecule is Cn1ccc2cc(C(=O)N3CC[C@H]4CO[C@H](CNS(C)(=O)=O)[C@H]4C3)ccc21. The summed E-state index contributed by atoms with van der Waals surface area (Å²) in [5.74, 6) is 0.579. The minimum absolute atomic E-state index is 0.0286. The number of nitrogens with one attached hydrogen (secondary N) is 1. The summed E-state index contributed by atoms with van der Waals surface area (Å²) in [6, 6.07) is 7.81. The second-order valence-corrected chi connectivity index (χ2v) is 9.49. The molecule has 4 rings (SSSR count). The Bertz CT molecular complexity index is 968. The number of hydrogen-bond donors (Lipinski definition) is 1. The van der Waals surface area contributed by atoms with Crippen molar-refractivity contribution in [2.75, 3.05) is 32.5 Å². The van der Waals surface area contributed by atoms with Crippen LogP contribution in [0.5, 0.6) is 0 Å². The van der Waals surface area contributed by atoms with Gasteiger partial charge in [-0.25, -0.2) is 13.1 Å². The number of aromatic nitrogens is 1. The Balaban J connectivity index is 1.48. The first-order chi connectivity index (χ1) is 12.8. The van der Waals surface area contributed by atoms with Gasteiger partial charge in [0.25, 0.3) is 5.91 Å². The molecule has 3 heterocycles. The number of sulfonamides is 1. The molecule has 2 fully saturated rings. The number of ether oxygens (including phenoxy) is 1. The van der Waals surface area contributed by atoms with Gasteiger partial charge in [-0.3, -0.25) is 4.79 Å². The maximum Gasteiger partial charge on any atom is 0.253 e. The van der Waals surface area contributed by atoms with Crippen molar-refractivity contribution >= 4 is 26.8 Å². The number of rotatable bonds is 4. The molecule has 1 aromatic heterocycles. The molecule has 146 valence electrons. The molecule has 0 spiro atoms. The molecule has 0 saturated carbocycles. The molecule has 0 bridgehead atoms. The van der Waals surface area contributed by atoms with Crippen molar-refractivity contribution in [1.82, 2.24) is 14.2 Å². The average molecular weight is 391 g/mol. The molecule has 7 nitrogen and oxygen atoms in total. The number of hydrogen-bond acceptors (Lipinski definition) is 4. The predicted molar refractivity (Wildman–Crippen MR) is 103 cm³/mol. The highest BCUT2D eigenvalue weighted by Gasteiger charge is 2.42. The van der Waals surface area contributed by atoms with Crippen molar-refractivity contribution in [3.63, 3.8) is 0 Å². The van der Waals surface area contributed by atoms with Crippen LogP contribution in [-0.2, 0) is 21.8 Å². The first kappa shape index (κ1) is 18.5. The molecule has 0 unspecified atom stereocenters. The topological polar surface area (TPSA) is 80.6 Å². The van der Waals surface area contributed by atoms with Gasteiger partial charge in [0.1, 0.15) is 0 Å². The summed E-state index contributed by atoms with van der Waals surface area (Å²) >= 11 is 0. The maximum atomic E-state index is 13.0. The van der Waals surface area contributed by atoms with E-state index in [1.165, 1.54) is 0 Å². The first-order valence-electron chi connectivity index (χ1n) is 9.22. The van der Waals surface area contributed by atoms with E-state index >= 15 is 0 Å². The molecular formula is C19H25N3O4S. The monoisotopic (exact) mass is 391 g/mol. The van der Waals surface area contributed by atoms with Crippen LogP contribution in [0.3, 0.4) is 0 Å². The van der Waals surface area contributed by atoms with Crippen LogP contribution in [0.1, 0.15) is 16.8 Å². The molecule has 27 heavy (non-hydrogen) atoms. The number of piperidine rings is 1. The highest BCUT2D eigenvalue weighted by molar-refractivity contribution is 7.88. The zero-order valence-corrected chi connectivity index (χ0v) is 16.4. The lowest BCUT2D eigenvalue weighted by molar-refractivity contribution is 0.0563. The fourth-order valence-corrected chi connectivity index (χ4v) is 4.72. The maximum absolute atomic E-state index is 13.0. The quantitative estimate of drug-likeness (QED) is 0.849. The molecule has 1 aromatic carbocycles. The van der Waals surface area contributed by atoms with E-state index in [9.17, 15) is 13.2 Å². The largest absolute Gasteiger partial charge is 0.376 e. The van der Waals surface area contributed by atoms with Crippen LogP contribution in [0, 0.1) is 11.8 Å². The number of nitrogens with zero attached hydrogens (tertiary/aromatic N) is 2. The summed E-state index contributed by atoms with van der Waals surface area (Å²) in [4.78, 5) is 14.9. The number of fused-ring (bicyclic) bond motifs is 2. The zero-order valence-electron chi connectivity index (χ0n) is 15.6. The van der Waals surface area contributed by atoms with E-state index in [4.69, 9.17) is 4.74 Å². The molecule has 1 amide bonds. The lowest BCUT2D eigenvalue weighted by Gasteiger charge is -2.36. The van der Waals surface area contributed by atoms with Crippen molar-refractivity contribution in [1.29, 1.82) is 0 Å². The Morgan fingerprint density at radius 1 is 1.33 bits per heavy atom. The second-order valence-electron chi connectivity index (χ2n) is 7.66. The Kier molecular flexibility index (Phi) is 4.73. The van der Waals surface area contributed by atoms with Crippen LogP contribution >= 0.6 is 0 Å². The molecular weight excluding hydrogens is 366 g/mol. The molecule has 2 aliphatic heterocycles. The van der Waals surface area contributed by atoms with Gasteiger partial charge in [0.15, 0.2) is 0 Å². The van der Waals surface area contributed by atoms with Gasteiger partial charge >= 0.3 is 0 Å². The van der Waals surface area contributed by atoms with Crippen molar-refractivity contribution in [2.24, 2.45) is 18.9 Å². The van der Waals surface area contributed by atoms with Crippen LogP contribution in [0.15, 0.2) is 30.5 Å². The Morgan fingerprint density at radius 2 is 2.15 bits per heavy atom. The highest BCUT2D eigenvalue weighted by atomic mass is 32.2. The number of benzene rings is 1. The van der Waals surface area contributed by atoms with Gasteiger partial charge in [0.05, 0.1) is 19.0 Å². The van der Waals surface area contributed by atoms with Gasteiger partial charge in [0.2, 0.25) is 10.0 Å². The molecule has 2 aliphatic rings. The Hall–Kier alpha value is -1.90. The first-order valence-corrected chi connectivity index (χ1v) is 11.1. The summed E-state index contributed by atoms with van der Waals surface area (Å²) in [6.45, 7) is 2.21. The number of amides is 1. The van der Waals surface area contributed by atoms with E-state index in [0.717, 1.165) is 23.6 Å². The third-order valence-electron chi connectivity index (χ3n) is 5.77. The van der Waals surface area contributed by atoms with Gasteiger partial charge < -0.3 is 14.2 Å². The molecule has 1 N–H and O–H groups in total. The van der Waals surface area contributed by atoms with E-state index in [0.29, 0.717) is 31.2 Å². The summed E-state index contributed by atoms with van der Waals surface area (Å²) in [5, 5.41) is 1.05. The molecule has 8 heteroatoms. The van der Waals surface area contributed by atoms with Gasteiger partial charge in [-0.15, -0.1) is 0 Å². The van der Waals surface area contributed by atoms with Crippen molar-refractivity contribution in [3.8, 4) is 0 Å². The third-order valence-corrected chi connectivity index (χ3v) is 6.47. The van der Waals surface area contributed by atoms with Crippen LogP contribution in [0.25, 0.3) is 10.9 Å². The molecule has 2 aromatic rings. The third kappa shape index (κ3) is 3.74. The van der Waals surface area contributed by atoms with Crippen LogP contribution < -0.4 is 4.72 Å².